The van der Waals surface area contributed by atoms with Crippen LogP contribution in [0, 0.1) is 6.92 Å². The predicted molar refractivity (Wildman–Crippen MR) is 118 cm³/mol. The molecule has 1 aromatic carbocycles. The van der Waals surface area contributed by atoms with Crippen LogP contribution in [0.3, 0.4) is 0 Å². The van der Waals surface area contributed by atoms with Crippen molar-refractivity contribution in [3.63, 3.8) is 0 Å². The summed E-state index contributed by atoms with van der Waals surface area (Å²) in [7, 11) is 0. The highest BCUT2D eigenvalue weighted by Crippen LogP contribution is 2.34. The number of phenols is 1. The van der Waals surface area contributed by atoms with Crippen LogP contribution in [0.2, 0.25) is 0 Å². The van der Waals surface area contributed by atoms with Gasteiger partial charge in [0.05, 0.1) is 0 Å². The van der Waals surface area contributed by atoms with Gasteiger partial charge in [-0.15, -0.1) is 24.8 Å². The van der Waals surface area contributed by atoms with Crippen molar-refractivity contribution in [2.45, 2.75) is 39.3 Å². The number of ether oxygens (including phenoxy) is 1. The number of hydrogen-bond donors (Lipinski definition) is 2. The minimum absolute atomic E-state index is 0. The third-order valence-electron chi connectivity index (χ3n) is 4.88. The van der Waals surface area contributed by atoms with Crippen LogP contribution >= 0.6 is 24.8 Å². The number of aromatic nitrogens is 1. The number of benzene rings is 1. The smallest absolute Gasteiger partial charge is 0.158 e. The standard InChI is InChI=1S/C21H29N3O2.2ClH/c1-15(2)18-14-19(25)16(3)12-20(18)26-21(24-10-8-22-9-11-24)13-17-6-4-5-7-23-17;;/h4-7,12,14-15,21-22,25H,8-11,13H2,1-3H3;2*1H. The van der Waals surface area contributed by atoms with Gasteiger partial charge >= 0.3 is 0 Å². The summed E-state index contributed by atoms with van der Waals surface area (Å²) in [5.74, 6) is 1.45. The molecule has 7 heteroatoms. The Labute approximate surface area is 180 Å². The molecule has 3 rings (SSSR count). The predicted octanol–water partition coefficient (Wildman–Crippen LogP) is 3.92. The monoisotopic (exact) mass is 427 g/mol. The molecular formula is C21H31Cl2N3O2. The van der Waals surface area contributed by atoms with Gasteiger partial charge < -0.3 is 15.2 Å². The number of hydrogen-bond acceptors (Lipinski definition) is 5. The number of aromatic hydroxyl groups is 1. The van der Waals surface area contributed by atoms with Gasteiger partial charge in [-0.25, -0.2) is 0 Å². The molecule has 2 aromatic rings. The van der Waals surface area contributed by atoms with Crippen LogP contribution in [0.4, 0.5) is 0 Å². The molecule has 1 atom stereocenters. The van der Waals surface area contributed by atoms with Gasteiger partial charge in [-0.3, -0.25) is 9.88 Å². The molecule has 5 nitrogen and oxygen atoms in total. The van der Waals surface area contributed by atoms with Gasteiger partial charge in [-0.1, -0.05) is 19.9 Å². The zero-order chi connectivity index (χ0) is 18.5. The van der Waals surface area contributed by atoms with Crippen molar-refractivity contribution in [2.75, 3.05) is 26.2 Å². The van der Waals surface area contributed by atoms with E-state index >= 15 is 0 Å². The molecule has 0 bridgehead atoms. The van der Waals surface area contributed by atoms with E-state index in [2.05, 4.69) is 29.0 Å². The van der Waals surface area contributed by atoms with Crippen molar-refractivity contribution in [1.29, 1.82) is 0 Å². The molecule has 1 aliphatic rings. The number of piperazine rings is 1. The Morgan fingerprint density at radius 1 is 1.18 bits per heavy atom. The first-order valence-electron chi connectivity index (χ1n) is 9.39. The number of pyridine rings is 1. The lowest BCUT2D eigenvalue weighted by atomic mass is 9.99. The molecule has 28 heavy (non-hydrogen) atoms. The van der Waals surface area contributed by atoms with E-state index in [0.717, 1.165) is 55.2 Å². The summed E-state index contributed by atoms with van der Waals surface area (Å²) >= 11 is 0. The minimum Gasteiger partial charge on any atom is -0.508 e. The summed E-state index contributed by atoms with van der Waals surface area (Å²) in [5.41, 5.74) is 2.90. The second-order valence-corrected chi connectivity index (χ2v) is 7.21. The van der Waals surface area contributed by atoms with E-state index < -0.39 is 0 Å². The number of aryl methyl sites for hydroxylation is 1. The van der Waals surface area contributed by atoms with Crippen molar-refractivity contribution in [2.24, 2.45) is 0 Å². The molecule has 0 radical (unpaired) electrons. The summed E-state index contributed by atoms with van der Waals surface area (Å²) < 4.78 is 6.53. The van der Waals surface area contributed by atoms with Crippen molar-refractivity contribution < 1.29 is 9.84 Å². The van der Waals surface area contributed by atoms with E-state index in [0.29, 0.717) is 5.75 Å². The molecule has 2 heterocycles. The molecule has 1 unspecified atom stereocenters. The van der Waals surface area contributed by atoms with Gasteiger partial charge in [-0.05, 0) is 42.7 Å². The van der Waals surface area contributed by atoms with E-state index in [9.17, 15) is 5.11 Å². The fraction of sp³-hybridized carbons (Fsp3) is 0.476. The van der Waals surface area contributed by atoms with Crippen LogP contribution in [-0.4, -0.2) is 47.4 Å². The summed E-state index contributed by atoms with van der Waals surface area (Å²) in [6.45, 7) is 9.98. The first-order valence-corrected chi connectivity index (χ1v) is 9.39. The van der Waals surface area contributed by atoms with Crippen LogP contribution in [0.1, 0.15) is 36.6 Å². The van der Waals surface area contributed by atoms with E-state index in [1.54, 1.807) is 0 Å². The number of nitrogens with one attached hydrogen (secondary N) is 1. The molecule has 0 saturated carbocycles. The van der Waals surface area contributed by atoms with Crippen molar-refractivity contribution >= 4 is 24.8 Å². The van der Waals surface area contributed by atoms with Crippen molar-refractivity contribution in [3.8, 4) is 11.5 Å². The Morgan fingerprint density at radius 2 is 1.89 bits per heavy atom. The van der Waals surface area contributed by atoms with Gasteiger partial charge in [0.15, 0.2) is 6.23 Å². The fourth-order valence-electron chi connectivity index (χ4n) is 3.30. The van der Waals surface area contributed by atoms with Crippen LogP contribution in [0.25, 0.3) is 0 Å². The SMILES string of the molecule is Cc1cc(OC(Cc2ccccn2)N2CCNCC2)c(C(C)C)cc1O.Cl.Cl. The van der Waals surface area contributed by atoms with E-state index in [1.807, 2.05) is 43.5 Å². The zero-order valence-corrected chi connectivity index (χ0v) is 18.4. The fourth-order valence-corrected chi connectivity index (χ4v) is 3.30. The van der Waals surface area contributed by atoms with Crippen LogP contribution in [0.5, 0.6) is 11.5 Å². The lowest BCUT2D eigenvalue weighted by Gasteiger charge is -2.35. The molecule has 1 fully saturated rings. The van der Waals surface area contributed by atoms with E-state index in [-0.39, 0.29) is 37.0 Å². The van der Waals surface area contributed by atoms with E-state index in [4.69, 9.17) is 4.74 Å². The Kier molecular flexibility index (Phi) is 10.0. The first-order chi connectivity index (χ1) is 12.5. The molecule has 1 aliphatic heterocycles. The number of phenolic OH excluding ortho intramolecular Hbond substituents is 1. The zero-order valence-electron chi connectivity index (χ0n) is 16.7. The normalized spacial score (nSPS) is 15.4. The topological polar surface area (TPSA) is 57.6 Å². The maximum absolute atomic E-state index is 10.1. The Hall–Kier alpha value is -1.53. The molecule has 1 aromatic heterocycles. The van der Waals surface area contributed by atoms with Crippen molar-refractivity contribution in [1.82, 2.24) is 15.2 Å². The van der Waals surface area contributed by atoms with Crippen LogP contribution < -0.4 is 10.1 Å². The number of nitrogens with zero attached hydrogens (tertiary/aromatic N) is 2. The molecule has 0 amide bonds. The van der Waals surface area contributed by atoms with Crippen LogP contribution in [-0.2, 0) is 6.42 Å². The second kappa shape index (κ2) is 11.5. The Bertz CT molecular complexity index is 723. The molecule has 1 saturated heterocycles. The first kappa shape index (κ1) is 24.5. The lowest BCUT2D eigenvalue weighted by molar-refractivity contribution is 0.0158. The Balaban J connectivity index is 0.00000196. The molecule has 0 spiro atoms. The maximum atomic E-state index is 10.1. The summed E-state index contributed by atoms with van der Waals surface area (Å²) in [6.07, 6.45) is 2.49. The average molecular weight is 428 g/mol. The third-order valence-corrected chi connectivity index (χ3v) is 4.88. The van der Waals surface area contributed by atoms with Gasteiger partial charge in [0.1, 0.15) is 11.5 Å². The second-order valence-electron chi connectivity index (χ2n) is 7.21. The maximum Gasteiger partial charge on any atom is 0.158 e. The summed E-state index contributed by atoms with van der Waals surface area (Å²) in [6, 6.07) is 9.79. The molecule has 0 aliphatic carbocycles. The summed E-state index contributed by atoms with van der Waals surface area (Å²) in [5, 5.41) is 13.5. The third kappa shape index (κ3) is 6.24. The lowest BCUT2D eigenvalue weighted by Crippen LogP contribution is -2.51. The summed E-state index contributed by atoms with van der Waals surface area (Å²) in [4.78, 5) is 6.85. The molecule has 2 N–H and O–H groups in total. The largest absolute Gasteiger partial charge is 0.508 e. The molecule has 156 valence electrons. The highest BCUT2D eigenvalue weighted by Gasteiger charge is 2.24. The highest BCUT2D eigenvalue weighted by molar-refractivity contribution is 5.85. The van der Waals surface area contributed by atoms with Gasteiger partial charge in [-0.2, -0.15) is 0 Å². The van der Waals surface area contributed by atoms with E-state index in [1.165, 1.54) is 0 Å². The minimum atomic E-state index is -0.0755. The van der Waals surface area contributed by atoms with Gasteiger partial charge in [0.25, 0.3) is 0 Å². The Morgan fingerprint density at radius 3 is 2.50 bits per heavy atom. The number of halogens is 2. The van der Waals surface area contributed by atoms with Gasteiger partial charge in [0.2, 0.25) is 0 Å². The van der Waals surface area contributed by atoms with Crippen molar-refractivity contribution in [3.05, 3.63) is 53.3 Å². The average Bonchev–Trinajstić information content (AvgIpc) is 2.65. The quantitative estimate of drug-likeness (QED) is 0.731. The van der Waals surface area contributed by atoms with Gasteiger partial charge in [0, 0.05) is 50.1 Å². The number of rotatable bonds is 6. The van der Waals surface area contributed by atoms with Crippen LogP contribution in [0.15, 0.2) is 36.5 Å². The highest BCUT2D eigenvalue weighted by atomic mass is 35.5. The molecular weight excluding hydrogens is 397 g/mol.